The minimum atomic E-state index is -0.107. The van der Waals surface area contributed by atoms with Gasteiger partial charge in [0.25, 0.3) is 0 Å². The van der Waals surface area contributed by atoms with Crippen LogP contribution in [-0.4, -0.2) is 29.9 Å². The Kier molecular flexibility index (Phi) is 15.3. The topological polar surface area (TPSA) is 66.8 Å². The molecule has 2 saturated carbocycles. The summed E-state index contributed by atoms with van der Waals surface area (Å²) in [6.07, 6.45) is 9.22. The van der Waals surface area contributed by atoms with Gasteiger partial charge in [0.1, 0.15) is 5.75 Å². The molecule has 216 valence electrons. The molecule has 0 spiro atoms. The second-order valence-corrected chi connectivity index (χ2v) is 11.4. The molecule has 0 aromatic heterocycles. The van der Waals surface area contributed by atoms with Crippen LogP contribution < -0.4 is 4.74 Å². The fourth-order valence-corrected chi connectivity index (χ4v) is 7.88. The van der Waals surface area contributed by atoms with Crippen LogP contribution in [0.2, 0.25) is 0 Å². The van der Waals surface area contributed by atoms with E-state index in [0.29, 0.717) is 23.2 Å². The van der Waals surface area contributed by atoms with Gasteiger partial charge in [-0.1, -0.05) is 68.7 Å². The summed E-state index contributed by atoms with van der Waals surface area (Å²) in [5.74, 6) is 2.17. The summed E-state index contributed by atoms with van der Waals surface area (Å²) < 4.78 is 5.67. The Balaban J connectivity index is 0.00000129. The van der Waals surface area contributed by atoms with Crippen molar-refractivity contribution in [3.63, 3.8) is 0 Å². The SMILES string of the molecule is CC.CC.CCCC(=O)Oc1cc(C)c2c(c1)CC1C2(C)CC[C@H]2C(C)(C)CCCC12C.CCO.CO. The number of hydrogen-bond acceptors (Lipinski definition) is 4. The molecule has 0 radical (unpaired) electrons. The number of fused-ring (bicyclic) bond motifs is 5. The van der Waals surface area contributed by atoms with Gasteiger partial charge in [0.15, 0.2) is 0 Å². The largest absolute Gasteiger partial charge is 0.427 e. The predicted octanol–water partition coefficient (Wildman–Crippen LogP) is 8.42. The average molecular weight is 521 g/mol. The zero-order valence-corrected chi connectivity index (χ0v) is 26.4. The third kappa shape index (κ3) is 7.60. The number of hydrogen-bond donors (Lipinski definition) is 2. The highest BCUT2D eigenvalue weighted by Gasteiger charge is 2.61. The lowest BCUT2D eigenvalue weighted by Crippen LogP contribution is -2.55. The van der Waals surface area contributed by atoms with E-state index < -0.39 is 0 Å². The number of aliphatic hydroxyl groups excluding tert-OH is 2. The molecular formula is C33H60O4. The van der Waals surface area contributed by atoms with E-state index in [1.54, 1.807) is 12.5 Å². The number of benzene rings is 1. The van der Waals surface area contributed by atoms with Crippen molar-refractivity contribution in [3.8, 4) is 5.75 Å². The first kappa shape index (κ1) is 35.6. The smallest absolute Gasteiger partial charge is 0.311 e. The molecule has 4 nitrogen and oxygen atoms in total. The van der Waals surface area contributed by atoms with Gasteiger partial charge in [-0.15, -0.1) is 0 Å². The molecule has 4 heteroatoms. The van der Waals surface area contributed by atoms with E-state index >= 15 is 0 Å². The molecule has 0 heterocycles. The van der Waals surface area contributed by atoms with Crippen LogP contribution in [0.15, 0.2) is 12.1 Å². The summed E-state index contributed by atoms with van der Waals surface area (Å²) in [6.45, 7) is 24.3. The van der Waals surface area contributed by atoms with E-state index in [4.69, 9.17) is 14.9 Å². The Hall–Kier alpha value is -1.39. The van der Waals surface area contributed by atoms with Crippen LogP contribution in [0, 0.1) is 29.6 Å². The summed E-state index contributed by atoms with van der Waals surface area (Å²) >= 11 is 0. The lowest BCUT2D eigenvalue weighted by Gasteiger charge is -2.61. The van der Waals surface area contributed by atoms with Crippen molar-refractivity contribution in [2.45, 2.75) is 133 Å². The number of carbonyl (C=O) groups is 1. The van der Waals surface area contributed by atoms with Gasteiger partial charge in [0.05, 0.1) is 0 Å². The Labute approximate surface area is 229 Å². The third-order valence-electron chi connectivity index (χ3n) is 8.87. The maximum atomic E-state index is 12.0. The van der Waals surface area contributed by atoms with Gasteiger partial charge in [-0.25, -0.2) is 0 Å². The summed E-state index contributed by atoms with van der Waals surface area (Å²) in [6, 6.07) is 4.30. The van der Waals surface area contributed by atoms with Crippen molar-refractivity contribution in [3.05, 3.63) is 28.8 Å². The van der Waals surface area contributed by atoms with Crippen LogP contribution in [0.4, 0.5) is 0 Å². The highest BCUT2D eigenvalue weighted by atomic mass is 16.5. The summed E-state index contributed by atoms with van der Waals surface area (Å²) in [7, 11) is 1.00. The molecule has 1 aromatic carbocycles. The van der Waals surface area contributed by atoms with Crippen LogP contribution in [0.3, 0.4) is 0 Å². The monoisotopic (exact) mass is 520 g/mol. The zero-order valence-electron chi connectivity index (χ0n) is 26.4. The molecule has 3 aliphatic rings. The first-order valence-corrected chi connectivity index (χ1v) is 14.9. The van der Waals surface area contributed by atoms with E-state index in [-0.39, 0.29) is 18.0 Å². The molecule has 37 heavy (non-hydrogen) atoms. The Bertz CT molecular complexity index is 815. The Morgan fingerprint density at radius 3 is 2.08 bits per heavy atom. The van der Waals surface area contributed by atoms with Gasteiger partial charge in [0.2, 0.25) is 0 Å². The highest BCUT2D eigenvalue weighted by molar-refractivity contribution is 5.72. The second-order valence-electron chi connectivity index (χ2n) is 11.4. The van der Waals surface area contributed by atoms with Crippen LogP contribution in [0.1, 0.15) is 131 Å². The summed E-state index contributed by atoms with van der Waals surface area (Å²) in [4.78, 5) is 12.0. The van der Waals surface area contributed by atoms with Gasteiger partial charge >= 0.3 is 5.97 Å². The quantitative estimate of drug-likeness (QED) is 0.310. The zero-order chi connectivity index (χ0) is 29.0. The summed E-state index contributed by atoms with van der Waals surface area (Å²) in [5, 5.41) is 14.6. The van der Waals surface area contributed by atoms with Crippen LogP contribution in [-0.2, 0) is 16.6 Å². The third-order valence-corrected chi connectivity index (χ3v) is 8.87. The number of aliphatic hydroxyl groups is 2. The number of carbonyl (C=O) groups excluding carboxylic acids is 1. The summed E-state index contributed by atoms with van der Waals surface area (Å²) in [5.41, 5.74) is 5.47. The number of ether oxygens (including phenoxy) is 1. The number of aryl methyl sites for hydroxylation is 1. The highest BCUT2D eigenvalue weighted by Crippen LogP contribution is 2.67. The van der Waals surface area contributed by atoms with Crippen LogP contribution >= 0.6 is 0 Å². The van der Waals surface area contributed by atoms with Gasteiger partial charge < -0.3 is 14.9 Å². The van der Waals surface area contributed by atoms with E-state index in [9.17, 15) is 4.79 Å². The van der Waals surface area contributed by atoms with Crippen LogP contribution in [0.5, 0.6) is 5.75 Å². The van der Waals surface area contributed by atoms with E-state index in [1.807, 2.05) is 34.6 Å². The lowest BCUT2D eigenvalue weighted by molar-refractivity contribution is -0.134. The van der Waals surface area contributed by atoms with Crippen LogP contribution in [0.25, 0.3) is 0 Å². The molecule has 1 aromatic rings. The van der Waals surface area contributed by atoms with Gasteiger partial charge in [0, 0.05) is 20.1 Å². The molecule has 3 aliphatic carbocycles. The Morgan fingerprint density at radius 2 is 1.54 bits per heavy atom. The van der Waals surface area contributed by atoms with Crippen molar-refractivity contribution in [1.29, 1.82) is 0 Å². The first-order valence-electron chi connectivity index (χ1n) is 14.9. The fraction of sp³-hybridized carbons (Fsp3) is 0.788. The van der Waals surface area contributed by atoms with Crippen molar-refractivity contribution in [2.75, 3.05) is 13.7 Å². The first-order chi connectivity index (χ1) is 17.5. The normalized spacial score (nSPS) is 27.9. The average Bonchev–Trinajstić information content (AvgIpc) is 3.17. The second kappa shape index (κ2) is 15.9. The maximum Gasteiger partial charge on any atom is 0.311 e. The molecular weight excluding hydrogens is 460 g/mol. The fourth-order valence-electron chi connectivity index (χ4n) is 7.88. The molecule has 2 fully saturated rings. The standard InChI is InChI=1S/C26H38O2.C2H6O.2C2H6.CH4O/c1-7-9-22(27)28-19-14-17(2)23-18(15-19)16-21-25(5)12-8-11-24(3,4)20(25)10-13-26(21,23)6;1-2-3;3*1-2/h14-15,20-21H,7-13,16H2,1-6H3;3H,2H2,1H3;2*1-2H3;2H,1H3/t20-,21?,25?,26?;;;;/m0..../s1. The van der Waals surface area contributed by atoms with E-state index in [1.165, 1.54) is 43.2 Å². The predicted molar refractivity (Wildman–Crippen MR) is 158 cm³/mol. The van der Waals surface area contributed by atoms with Gasteiger partial charge in [-0.2, -0.15) is 0 Å². The van der Waals surface area contributed by atoms with Crippen molar-refractivity contribution >= 4 is 5.97 Å². The van der Waals surface area contributed by atoms with Crippen molar-refractivity contribution in [1.82, 2.24) is 0 Å². The van der Waals surface area contributed by atoms with Gasteiger partial charge in [-0.05, 0) is 109 Å². The number of esters is 1. The van der Waals surface area contributed by atoms with E-state index in [0.717, 1.165) is 31.6 Å². The minimum Gasteiger partial charge on any atom is -0.427 e. The van der Waals surface area contributed by atoms with E-state index in [2.05, 4.69) is 46.8 Å². The van der Waals surface area contributed by atoms with Gasteiger partial charge in [-0.3, -0.25) is 4.79 Å². The molecule has 0 saturated heterocycles. The molecule has 4 rings (SSSR count). The lowest BCUT2D eigenvalue weighted by atomic mass is 9.43. The molecule has 0 amide bonds. The van der Waals surface area contributed by atoms with Crippen molar-refractivity contribution < 1.29 is 19.7 Å². The molecule has 0 bridgehead atoms. The maximum absolute atomic E-state index is 12.0. The number of rotatable bonds is 3. The van der Waals surface area contributed by atoms with Crippen molar-refractivity contribution in [2.24, 2.45) is 22.7 Å². The molecule has 0 aliphatic heterocycles. The molecule has 4 atom stereocenters. The molecule has 2 N–H and O–H groups in total. The minimum absolute atomic E-state index is 0.107. The Morgan fingerprint density at radius 1 is 0.973 bits per heavy atom. The molecule has 3 unspecified atom stereocenters.